The molecule has 5 N–H and O–H groups in total. The Labute approximate surface area is 305 Å². The van der Waals surface area contributed by atoms with Crippen molar-refractivity contribution >= 4 is 41.0 Å². The van der Waals surface area contributed by atoms with Crippen molar-refractivity contribution in [2.75, 3.05) is 11.4 Å². The van der Waals surface area contributed by atoms with Crippen LogP contribution in [0, 0.1) is 16.0 Å². The van der Waals surface area contributed by atoms with E-state index in [0.29, 0.717) is 16.9 Å². The molecular weight excluding hydrogens is 716 g/mol. The minimum atomic E-state index is -2.01. The summed E-state index contributed by atoms with van der Waals surface area (Å²) in [7, 11) is 0. The maximum Gasteiger partial charge on any atom is 0.335 e. The van der Waals surface area contributed by atoms with Gasteiger partial charge in [-0.3, -0.25) is 34.1 Å². The molecule has 0 aliphatic carbocycles. The fraction of sp³-hybridized carbons (Fsp3) is 0.382. The number of nitro benzene ring substituents is 1. The van der Waals surface area contributed by atoms with E-state index >= 15 is 0 Å². The van der Waals surface area contributed by atoms with Gasteiger partial charge in [0.1, 0.15) is 24.4 Å². The number of aliphatic hydroxyl groups excluding tert-OH is 3. The highest BCUT2D eigenvalue weighted by atomic mass is 16.7. The lowest BCUT2D eigenvalue weighted by Gasteiger charge is -2.38. The van der Waals surface area contributed by atoms with Crippen LogP contribution < -0.4 is 15.0 Å². The topological polar surface area (TPSA) is 283 Å². The van der Waals surface area contributed by atoms with Crippen molar-refractivity contribution in [2.45, 2.75) is 69.5 Å². The van der Waals surface area contributed by atoms with Gasteiger partial charge in [0.2, 0.25) is 24.0 Å². The van der Waals surface area contributed by atoms with E-state index in [0.717, 1.165) is 23.1 Å². The van der Waals surface area contributed by atoms with Crippen molar-refractivity contribution in [1.29, 1.82) is 0 Å². The third-order valence-electron chi connectivity index (χ3n) is 8.61. The number of anilines is 1. The Morgan fingerprint density at radius 1 is 1.13 bits per heavy atom. The normalized spacial score (nSPS) is 23.1. The zero-order valence-corrected chi connectivity index (χ0v) is 28.6. The summed E-state index contributed by atoms with van der Waals surface area (Å²) >= 11 is 0. The molecule has 2 aromatic carbocycles. The van der Waals surface area contributed by atoms with E-state index in [1.54, 1.807) is 31.2 Å². The minimum absolute atomic E-state index is 0.0374. The number of hydrogen-bond donors (Lipinski definition) is 5. The number of imide groups is 1. The van der Waals surface area contributed by atoms with Crippen LogP contribution in [0.4, 0.5) is 11.4 Å². The molecule has 3 aromatic rings. The minimum Gasteiger partial charge on any atom is -0.479 e. The Morgan fingerprint density at radius 2 is 1.85 bits per heavy atom. The number of carboxylic acid groups (broad SMARTS) is 1. The number of ether oxygens (including phenoxy) is 3. The maximum atomic E-state index is 12.6. The van der Waals surface area contributed by atoms with Gasteiger partial charge in [-0.25, -0.2) is 9.59 Å². The predicted molar refractivity (Wildman–Crippen MR) is 180 cm³/mol. The van der Waals surface area contributed by atoms with Crippen LogP contribution in [-0.2, 0) is 52.8 Å². The zero-order valence-electron chi connectivity index (χ0n) is 28.6. The Morgan fingerprint density at radius 3 is 2.48 bits per heavy atom. The van der Waals surface area contributed by atoms with Crippen molar-refractivity contribution in [3.05, 3.63) is 88.3 Å². The standard InChI is InChI=1S/C34H36N6O14/c1-3-27(43)52-24(19-6-9-23(22(14-19)40(50)51)53-34-30(46)28(44)29(45)31(54-34)33(48)49)15-20-16-38(37-36-20)11-10-35-25(41)13-18-4-7-21(8-5-18)39-26(42)12-17(2)32(39)47/h3-9,14,16-17,24,28-31,34,44-46H,1,10-13,15H2,2H3,(H,35,41)(H,48,49)/t17?,24?,28-,29-,30+,31-,34+/m0/s1. The first-order valence-corrected chi connectivity index (χ1v) is 16.5. The molecule has 3 heterocycles. The van der Waals surface area contributed by atoms with E-state index in [2.05, 4.69) is 22.2 Å². The van der Waals surface area contributed by atoms with Gasteiger partial charge in [-0.2, -0.15) is 0 Å². The average molecular weight is 753 g/mol. The molecule has 0 spiro atoms. The van der Waals surface area contributed by atoms with Gasteiger partial charge in [0.05, 0.1) is 29.3 Å². The van der Waals surface area contributed by atoms with E-state index < -0.39 is 65.1 Å². The fourth-order valence-electron chi connectivity index (χ4n) is 5.77. The first-order valence-electron chi connectivity index (χ1n) is 16.5. The molecule has 5 rings (SSSR count). The van der Waals surface area contributed by atoms with Gasteiger partial charge in [-0.05, 0) is 29.3 Å². The molecule has 3 amide bonds. The number of hydrogen-bond acceptors (Lipinski definition) is 15. The highest BCUT2D eigenvalue weighted by Gasteiger charge is 2.48. The molecule has 0 saturated carbocycles. The van der Waals surface area contributed by atoms with Crippen LogP contribution in [0.3, 0.4) is 0 Å². The molecule has 1 aromatic heterocycles. The Balaban J connectivity index is 1.20. The molecule has 2 aliphatic heterocycles. The SMILES string of the molecule is C=CC(=O)OC(Cc1cn(CCNC(=O)Cc2ccc(N3C(=O)CC(C)C3=O)cc2)nn1)c1ccc(O[C@@H]2O[C@H](C(=O)O)[C@@H](O)[C@H](O)[C@H]2O)c([N+](=O)[O-])c1. The Bertz CT molecular complexity index is 1930. The van der Waals surface area contributed by atoms with Crippen molar-refractivity contribution < 1.29 is 63.5 Å². The van der Waals surface area contributed by atoms with Crippen LogP contribution in [0.5, 0.6) is 5.75 Å². The number of aliphatic hydroxyl groups is 3. The predicted octanol–water partition coefficient (Wildman–Crippen LogP) is -0.271. The van der Waals surface area contributed by atoms with Crippen molar-refractivity contribution in [1.82, 2.24) is 20.3 Å². The molecule has 2 fully saturated rings. The Hall–Kier alpha value is -6.09. The molecule has 286 valence electrons. The fourth-order valence-corrected chi connectivity index (χ4v) is 5.77. The molecule has 54 heavy (non-hydrogen) atoms. The highest BCUT2D eigenvalue weighted by Crippen LogP contribution is 2.35. The maximum absolute atomic E-state index is 12.6. The first kappa shape index (κ1) is 39.1. The summed E-state index contributed by atoms with van der Waals surface area (Å²) in [6, 6.07) is 9.97. The quantitative estimate of drug-likeness (QED) is 0.0439. The lowest BCUT2D eigenvalue weighted by molar-refractivity contribution is -0.387. The van der Waals surface area contributed by atoms with Gasteiger partial charge in [0.25, 0.3) is 0 Å². The first-order chi connectivity index (χ1) is 25.7. The number of carbonyl (C=O) groups is 5. The van der Waals surface area contributed by atoms with E-state index in [1.807, 2.05) is 0 Å². The van der Waals surface area contributed by atoms with Crippen LogP contribution in [0.15, 0.2) is 61.3 Å². The number of rotatable bonds is 15. The molecule has 20 heteroatoms. The summed E-state index contributed by atoms with van der Waals surface area (Å²) in [4.78, 5) is 73.0. The third-order valence-corrected chi connectivity index (χ3v) is 8.61. The third kappa shape index (κ3) is 8.92. The highest BCUT2D eigenvalue weighted by molar-refractivity contribution is 6.20. The van der Waals surface area contributed by atoms with Gasteiger partial charge in [0, 0.05) is 43.6 Å². The van der Waals surface area contributed by atoms with Gasteiger partial charge in [-0.1, -0.05) is 36.9 Å². The van der Waals surface area contributed by atoms with Gasteiger partial charge < -0.3 is 40.0 Å². The zero-order chi connectivity index (χ0) is 39.3. The number of carbonyl (C=O) groups excluding carboxylic acids is 4. The van der Waals surface area contributed by atoms with Gasteiger partial charge in [-0.15, -0.1) is 5.10 Å². The molecule has 2 saturated heterocycles. The Kier molecular flexibility index (Phi) is 12.1. The second-order valence-corrected chi connectivity index (χ2v) is 12.5. The summed E-state index contributed by atoms with van der Waals surface area (Å²) < 4.78 is 17.3. The number of nitrogens with one attached hydrogen (secondary N) is 1. The molecule has 2 aliphatic rings. The van der Waals surface area contributed by atoms with Crippen molar-refractivity contribution in [3.8, 4) is 5.75 Å². The second kappa shape index (κ2) is 16.7. The van der Waals surface area contributed by atoms with Crippen molar-refractivity contribution in [3.63, 3.8) is 0 Å². The number of aromatic nitrogens is 3. The van der Waals surface area contributed by atoms with Crippen molar-refractivity contribution in [2.24, 2.45) is 5.92 Å². The largest absolute Gasteiger partial charge is 0.479 e. The summed E-state index contributed by atoms with van der Waals surface area (Å²) in [6.07, 6.45) is -8.57. The summed E-state index contributed by atoms with van der Waals surface area (Å²) in [5, 5.41) is 62.4. The van der Waals surface area contributed by atoms with Crippen LogP contribution in [-0.4, -0.2) is 107 Å². The number of nitrogens with zero attached hydrogens (tertiary/aromatic N) is 5. The second-order valence-electron chi connectivity index (χ2n) is 12.5. The van der Waals surface area contributed by atoms with Gasteiger partial charge in [0.15, 0.2) is 11.9 Å². The summed E-state index contributed by atoms with van der Waals surface area (Å²) in [6.45, 7) is 5.43. The number of carboxylic acids is 1. The number of esters is 1. The molecule has 7 atom stereocenters. The monoisotopic (exact) mass is 752 g/mol. The van der Waals surface area contributed by atoms with Crippen LogP contribution in [0.2, 0.25) is 0 Å². The molecule has 0 bridgehead atoms. The van der Waals surface area contributed by atoms with E-state index in [-0.39, 0.29) is 61.6 Å². The lowest BCUT2D eigenvalue weighted by atomic mass is 9.99. The van der Waals surface area contributed by atoms with Crippen LogP contribution in [0.25, 0.3) is 0 Å². The van der Waals surface area contributed by atoms with E-state index in [9.17, 15) is 54.5 Å². The average Bonchev–Trinajstić information content (AvgIpc) is 3.69. The smallest absolute Gasteiger partial charge is 0.335 e. The molecule has 20 nitrogen and oxygen atoms in total. The molecular formula is C34H36N6O14. The van der Waals surface area contributed by atoms with E-state index in [4.69, 9.17) is 14.2 Å². The number of benzene rings is 2. The van der Waals surface area contributed by atoms with E-state index in [1.165, 1.54) is 16.9 Å². The van der Waals surface area contributed by atoms with Crippen LogP contribution in [0.1, 0.15) is 36.3 Å². The number of aliphatic carboxylic acids is 1. The number of nitro groups is 1. The summed E-state index contributed by atoms with van der Waals surface area (Å²) in [5.41, 5.74) is 0.824. The van der Waals surface area contributed by atoms with Crippen LogP contribution >= 0.6 is 0 Å². The lowest BCUT2D eigenvalue weighted by Crippen LogP contribution is -2.61. The number of amides is 3. The molecule has 2 unspecified atom stereocenters. The van der Waals surface area contributed by atoms with Gasteiger partial charge >= 0.3 is 17.6 Å². The summed E-state index contributed by atoms with van der Waals surface area (Å²) in [5.74, 6) is -4.24. The molecule has 0 radical (unpaired) electrons.